The average molecular weight is 263 g/mol. The third-order valence-corrected chi connectivity index (χ3v) is 4.00. The number of nitrogens with one attached hydrogen (secondary N) is 1. The minimum absolute atomic E-state index is 0.128. The van der Waals surface area contributed by atoms with E-state index in [1.807, 2.05) is 0 Å². The Labute approximate surface area is 113 Å². The lowest BCUT2D eigenvalue weighted by molar-refractivity contribution is 0.0718. The summed E-state index contributed by atoms with van der Waals surface area (Å²) in [4.78, 5) is 12.0. The standard InChI is InChI=1S/C15H21NO3/c17-11-15(8-2-1-3-9-15)10-16-14(19)12-4-6-13(18)7-5-12/h4-7,17-18H,1-3,8-11H2,(H,16,19). The quantitative estimate of drug-likeness (QED) is 0.779. The highest BCUT2D eigenvalue weighted by molar-refractivity contribution is 5.94. The molecule has 0 heterocycles. The summed E-state index contributed by atoms with van der Waals surface area (Å²) < 4.78 is 0. The first-order chi connectivity index (χ1) is 9.15. The number of hydrogen-bond acceptors (Lipinski definition) is 3. The van der Waals surface area contributed by atoms with Gasteiger partial charge in [0.2, 0.25) is 0 Å². The third kappa shape index (κ3) is 3.47. The van der Waals surface area contributed by atoms with Crippen molar-refractivity contribution in [3.8, 4) is 5.75 Å². The number of hydrogen-bond donors (Lipinski definition) is 3. The van der Waals surface area contributed by atoms with Gasteiger partial charge in [-0.2, -0.15) is 0 Å². The van der Waals surface area contributed by atoms with Gasteiger partial charge in [-0.25, -0.2) is 0 Å². The number of carbonyl (C=O) groups is 1. The second-order valence-corrected chi connectivity index (χ2v) is 5.45. The zero-order valence-electron chi connectivity index (χ0n) is 11.1. The van der Waals surface area contributed by atoms with Crippen molar-refractivity contribution in [2.24, 2.45) is 5.41 Å². The lowest BCUT2D eigenvalue weighted by Gasteiger charge is -2.35. The van der Waals surface area contributed by atoms with Crippen molar-refractivity contribution in [3.63, 3.8) is 0 Å². The zero-order chi connectivity index (χ0) is 13.7. The van der Waals surface area contributed by atoms with Crippen molar-refractivity contribution in [1.29, 1.82) is 0 Å². The molecule has 0 saturated heterocycles. The van der Waals surface area contributed by atoms with Gasteiger partial charge in [-0.3, -0.25) is 4.79 Å². The molecule has 4 nitrogen and oxygen atoms in total. The average Bonchev–Trinajstić information content (AvgIpc) is 2.46. The van der Waals surface area contributed by atoms with Crippen LogP contribution in [0.15, 0.2) is 24.3 Å². The van der Waals surface area contributed by atoms with Gasteiger partial charge < -0.3 is 15.5 Å². The molecule has 0 aliphatic heterocycles. The van der Waals surface area contributed by atoms with Crippen LogP contribution in [0.25, 0.3) is 0 Å². The van der Waals surface area contributed by atoms with Gasteiger partial charge in [0, 0.05) is 17.5 Å². The molecule has 0 spiro atoms. The minimum atomic E-state index is -0.154. The van der Waals surface area contributed by atoms with Crippen molar-refractivity contribution in [1.82, 2.24) is 5.32 Å². The van der Waals surface area contributed by atoms with Crippen LogP contribution in [-0.4, -0.2) is 29.3 Å². The number of carbonyl (C=O) groups excluding carboxylic acids is 1. The predicted molar refractivity (Wildman–Crippen MR) is 73.0 cm³/mol. The van der Waals surface area contributed by atoms with Crippen LogP contribution < -0.4 is 5.32 Å². The van der Waals surface area contributed by atoms with E-state index in [1.165, 1.54) is 18.6 Å². The van der Waals surface area contributed by atoms with E-state index in [-0.39, 0.29) is 23.7 Å². The summed E-state index contributed by atoms with van der Waals surface area (Å²) in [6, 6.07) is 6.18. The summed E-state index contributed by atoms with van der Waals surface area (Å²) >= 11 is 0. The van der Waals surface area contributed by atoms with Crippen LogP contribution in [0.4, 0.5) is 0 Å². The van der Waals surface area contributed by atoms with Gasteiger partial charge in [-0.1, -0.05) is 19.3 Å². The predicted octanol–water partition coefficient (Wildman–Crippen LogP) is 2.06. The number of phenols is 1. The number of benzene rings is 1. The molecule has 0 atom stereocenters. The van der Waals surface area contributed by atoms with E-state index < -0.39 is 0 Å². The Balaban J connectivity index is 1.93. The zero-order valence-corrected chi connectivity index (χ0v) is 11.1. The number of amides is 1. The first kappa shape index (κ1) is 13.9. The summed E-state index contributed by atoms with van der Waals surface area (Å²) in [5, 5.41) is 21.7. The van der Waals surface area contributed by atoms with E-state index in [0.29, 0.717) is 12.1 Å². The molecule has 1 saturated carbocycles. The van der Waals surface area contributed by atoms with Crippen LogP contribution >= 0.6 is 0 Å². The Morgan fingerprint density at radius 3 is 2.37 bits per heavy atom. The molecule has 0 bridgehead atoms. The normalized spacial score (nSPS) is 17.9. The monoisotopic (exact) mass is 263 g/mol. The molecule has 1 amide bonds. The molecule has 0 radical (unpaired) electrons. The van der Waals surface area contributed by atoms with Crippen molar-refractivity contribution in [2.75, 3.05) is 13.2 Å². The minimum Gasteiger partial charge on any atom is -0.508 e. The number of aliphatic hydroxyl groups is 1. The maximum Gasteiger partial charge on any atom is 0.251 e. The molecular weight excluding hydrogens is 242 g/mol. The van der Waals surface area contributed by atoms with E-state index >= 15 is 0 Å². The summed E-state index contributed by atoms with van der Waals surface area (Å²) in [5.41, 5.74) is 0.381. The molecule has 2 rings (SSSR count). The molecule has 104 valence electrons. The first-order valence-corrected chi connectivity index (χ1v) is 6.83. The van der Waals surface area contributed by atoms with E-state index in [1.54, 1.807) is 12.1 Å². The Hall–Kier alpha value is -1.55. The molecule has 0 unspecified atom stereocenters. The number of aromatic hydroxyl groups is 1. The lowest BCUT2D eigenvalue weighted by atomic mass is 9.74. The molecule has 4 heteroatoms. The first-order valence-electron chi connectivity index (χ1n) is 6.83. The Kier molecular flexibility index (Phi) is 4.43. The molecule has 0 aromatic heterocycles. The lowest BCUT2D eigenvalue weighted by Crippen LogP contribution is -2.41. The molecule has 1 aliphatic rings. The summed E-state index contributed by atoms with van der Waals surface area (Å²) in [6.45, 7) is 0.645. The van der Waals surface area contributed by atoms with Crippen LogP contribution in [-0.2, 0) is 0 Å². The van der Waals surface area contributed by atoms with Gasteiger partial charge in [-0.05, 0) is 37.1 Å². The maximum absolute atomic E-state index is 12.0. The topological polar surface area (TPSA) is 69.6 Å². The number of phenolic OH excluding ortho intramolecular Hbond substituents is 1. The van der Waals surface area contributed by atoms with Gasteiger partial charge in [0.25, 0.3) is 5.91 Å². The maximum atomic E-state index is 12.0. The fourth-order valence-electron chi connectivity index (χ4n) is 2.68. The summed E-state index contributed by atoms with van der Waals surface area (Å²) in [7, 11) is 0. The fourth-order valence-corrected chi connectivity index (χ4v) is 2.68. The molecule has 19 heavy (non-hydrogen) atoms. The smallest absolute Gasteiger partial charge is 0.251 e. The van der Waals surface area contributed by atoms with Crippen LogP contribution in [0.2, 0.25) is 0 Å². The second-order valence-electron chi connectivity index (χ2n) is 5.45. The van der Waals surface area contributed by atoms with Crippen molar-refractivity contribution < 1.29 is 15.0 Å². The molecule has 1 aromatic carbocycles. The van der Waals surface area contributed by atoms with Crippen molar-refractivity contribution >= 4 is 5.91 Å². The molecular formula is C15H21NO3. The van der Waals surface area contributed by atoms with Crippen LogP contribution in [0.1, 0.15) is 42.5 Å². The van der Waals surface area contributed by atoms with E-state index in [2.05, 4.69) is 5.32 Å². The van der Waals surface area contributed by atoms with Gasteiger partial charge in [0.15, 0.2) is 0 Å². The van der Waals surface area contributed by atoms with Crippen molar-refractivity contribution in [2.45, 2.75) is 32.1 Å². The van der Waals surface area contributed by atoms with E-state index in [4.69, 9.17) is 0 Å². The number of rotatable bonds is 4. The van der Waals surface area contributed by atoms with Gasteiger partial charge in [0.05, 0.1) is 6.61 Å². The Morgan fingerprint density at radius 1 is 1.16 bits per heavy atom. The van der Waals surface area contributed by atoms with Gasteiger partial charge in [0.1, 0.15) is 5.75 Å². The van der Waals surface area contributed by atoms with Crippen LogP contribution in [0.3, 0.4) is 0 Å². The van der Waals surface area contributed by atoms with Gasteiger partial charge >= 0.3 is 0 Å². The third-order valence-electron chi connectivity index (χ3n) is 4.00. The van der Waals surface area contributed by atoms with Gasteiger partial charge in [-0.15, -0.1) is 0 Å². The molecule has 1 fully saturated rings. The van der Waals surface area contributed by atoms with Crippen molar-refractivity contribution in [3.05, 3.63) is 29.8 Å². The second kappa shape index (κ2) is 6.06. The molecule has 3 N–H and O–H groups in total. The SMILES string of the molecule is O=C(NCC1(CO)CCCCC1)c1ccc(O)cc1. The van der Waals surface area contributed by atoms with Crippen LogP contribution in [0.5, 0.6) is 5.75 Å². The van der Waals surface area contributed by atoms with E-state index in [9.17, 15) is 15.0 Å². The summed E-state index contributed by atoms with van der Waals surface area (Å²) in [5.74, 6) is -0.00550. The highest BCUT2D eigenvalue weighted by atomic mass is 16.3. The fraction of sp³-hybridized carbons (Fsp3) is 0.533. The largest absolute Gasteiger partial charge is 0.508 e. The summed E-state index contributed by atoms with van der Waals surface area (Å²) in [6.07, 6.45) is 5.40. The van der Waals surface area contributed by atoms with E-state index in [0.717, 1.165) is 25.7 Å². The highest BCUT2D eigenvalue weighted by Crippen LogP contribution is 2.35. The molecule has 1 aromatic rings. The number of aliphatic hydroxyl groups excluding tert-OH is 1. The van der Waals surface area contributed by atoms with Crippen LogP contribution in [0, 0.1) is 5.41 Å². The Morgan fingerprint density at radius 2 is 1.79 bits per heavy atom. The Bertz CT molecular complexity index is 422. The molecule has 1 aliphatic carbocycles. The highest BCUT2D eigenvalue weighted by Gasteiger charge is 2.31.